The second-order valence-electron chi connectivity index (χ2n) is 12.5. The number of rotatable bonds is 6. The fraction of sp³-hybridized carbons (Fsp3) is 0.0217. The van der Waals surface area contributed by atoms with Gasteiger partial charge in [-0.05, 0) is 56.6 Å². The van der Waals surface area contributed by atoms with Crippen molar-refractivity contribution in [2.24, 2.45) is 0 Å². The third kappa shape index (κ3) is 4.99. The Balaban J connectivity index is 1.17. The Kier molecular flexibility index (Phi) is 7.52. The minimum atomic E-state index is -0.440. The predicted molar refractivity (Wildman–Crippen MR) is 207 cm³/mol. The van der Waals surface area contributed by atoms with Crippen molar-refractivity contribution in [2.75, 3.05) is 0 Å². The number of hydrogen-bond donors (Lipinski definition) is 0. The second kappa shape index (κ2) is 12.5. The zero-order chi connectivity index (χ0) is 33.5. The van der Waals surface area contributed by atoms with Crippen molar-refractivity contribution in [1.82, 2.24) is 15.0 Å². The van der Waals surface area contributed by atoms with Crippen molar-refractivity contribution < 1.29 is 0 Å². The van der Waals surface area contributed by atoms with Crippen LogP contribution in [0, 0.1) is 0 Å². The Bertz CT molecular complexity index is 2370. The van der Waals surface area contributed by atoms with Crippen LogP contribution in [0.5, 0.6) is 0 Å². The molecule has 1 aromatic heterocycles. The summed E-state index contributed by atoms with van der Waals surface area (Å²) in [6, 6.07) is 64.0. The van der Waals surface area contributed by atoms with Crippen LogP contribution >= 0.6 is 15.9 Å². The van der Waals surface area contributed by atoms with Gasteiger partial charge in [0.05, 0.1) is 5.41 Å². The van der Waals surface area contributed by atoms with Gasteiger partial charge < -0.3 is 0 Å². The molecular formula is C46H30BrN3. The molecule has 0 saturated carbocycles. The molecule has 0 unspecified atom stereocenters. The summed E-state index contributed by atoms with van der Waals surface area (Å²) >= 11 is 4.03. The molecule has 50 heavy (non-hydrogen) atoms. The van der Waals surface area contributed by atoms with Gasteiger partial charge in [-0.2, -0.15) is 0 Å². The van der Waals surface area contributed by atoms with Crippen molar-refractivity contribution in [3.8, 4) is 56.4 Å². The molecule has 1 aliphatic carbocycles. The maximum atomic E-state index is 4.93. The SMILES string of the molecule is Brc1cc2c(cc1-c1ccc(-c3nc(-c4ccccc4)nc(-c4ccccc4)n3)cc1)-c1ccccc1C2(c1ccccc1)c1ccccc1. The minimum absolute atomic E-state index is 0.440. The highest BCUT2D eigenvalue weighted by Gasteiger charge is 2.46. The summed E-state index contributed by atoms with van der Waals surface area (Å²) in [5.41, 5.74) is 12.2. The molecule has 236 valence electrons. The van der Waals surface area contributed by atoms with Crippen molar-refractivity contribution in [3.05, 3.63) is 209 Å². The molecule has 0 fully saturated rings. The Morgan fingerprint density at radius 2 is 0.760 bits per heavy atom. The van der Waals surface area contributed by atoms with Crippen molar-refractivity contribution in [1.29, 1.82) is 0 Å². The Hall–Kier alpha value is -5.97. The van der Waals surface area contributed by atoms with Crippen LogP contribution in [0.2, 0.25) is 0 Å². The van der Waals surface area contributed by atoms with Gasteiger partial charge in [-0.1, -0.05) is 186 Å². The number of benzene rings is 7. The van der Waals surface area contributed by atoms with Crippen LogP contribution in [-0.2, 0) is 5.41 Å². The van der Waals surface area contributed by atoms with E-state index in [1.165, 1.54) is 33.4 Å². The van der Waals surface area contributed by atoms with Gasteiger partial charge in [0, 0.05) is 21.2 Å². The molecule has 0 aliphatic heterocycles. The molecule has 1 heterocycles. The van der Waals surface area contributed by atoms with E-state index in [0.717, 1.165) is 32.3 Å². The van der Waals surface area contributed by atoms with Gasteiger partial charge in [-0.25, -0.2) is 15.0 Å². The van der Waals surface area contributed by atoms with Crippen LogP contribution in [0.15, 0.2) is 186 Å². The Morgan fingerprint density at radius 1 is 0.340 bits per heavy atom. The van der Waals surface area contributed by atoms with Gasteiger partial charge in [0.25, 0.3) is 0 Å². The van der Waals surface area contributed by atoms with Crippen LogP contribution < -0.4 is 0 Å². The van der Waals surface area contributed by atoms with E-state index in [0.29, 0.717) is 17.5 Å². The van der Waals surface area contributed by atoms with E-state index in [4.69, 9.17) is 15.0 Å². The summed E-state index contributed by atoms with van der Waals surface area (Å²) in [6.07, 6.45) is 0. The van der Waals surface area contributed by atoms with Gasteiger partial charge in [-0.3, -0.25) is 0 Å². The maximum absolute atomic E-state index is 4.93. The first-order valence-electron chi connectivity index (χ1n) is 16.7. The standard InChI is InChI=1S/C46H30BrN3/c47-42-30-41-39(37-23-13-14-24-40(37)46(41,35-19-9-3-10-20-35)36-21-11-4-12-22-36)29-38(42)31-25-27-34(28-26-31)45-49-43(32-15-5-1-6-16-32)48-44(50-45)33-17-7-2-8-18-33/h1-30H. The van der Waals surface area contributed by atoms with Crippen LogP contribution in [0.3, 0.4) is 0 Å². The van der Waals surface area contributed by atoms with E-state index in [1.54, 1.807) is 0 Å². The second-order valence-corrected chi connectivity index (χ2v) is 13.4. The molecule has 0 spiro atoms. The smallest absolute Gasteiger partial charge is 0.164 e. The largest absolute Gasteiger partial charge is 0.208 e. The molecular weight excluding hydrogens is 674 g/mol. The molecule has 7 aromatic carbocycles. The molecule has 0 saturated heterocycles. The lowest BCUT2D eigenvalue weighted by Crippen LogP contribution is -2.28. The topological polar surface area (TPSA) is 38.7 Å². The van der Waals surface area contributed by atoms with Crippen LogP contribution in [0.25, 0.3) is 56.4 Å². The highest BCUT2D eigenvalue weighted by Crippen LogP contribution is 2.57. The number of hydrogen-bond acceptors (Lipinski definition) is 3. The third-order valence-electron chi connectivity index (χ3n) is 9.70. The summed E-state index contributed by atoms with van der Waals surface area (Å²) < 4.78 is 1.05. The molecule has 0 atom stereocenters. The number of aromatic nitrogens is 3. The van der Waals surface area contributed by atoms with Gasteiger partial charge in [0.1, 0.15) is 0 Å². The maximum Gasteiger partial charge on any atom is 0.164 e. The fourth-order valence-corrected chi connectivity index (χ4v) is 7.99. The molecule has 0 bridgehead atoms. The summed E-state index contributed by atoms with van der Waals surface area (Å²) in [7, 11) is 0. The van der Waals surface area contributed by atoms with E-state index in [2.05, 4.69) is 137 Å². The lowest BCUT2D eigenvalue weighted by atomic mass is 9.67. The highest BCUT2D eigenvalue weighted by atomic mass is 79.9. The van der Waals surface area contributed by atoms with E-state index >= 15 is 0 Å². The molecule has 4 heteroatoms. The Labute approximate surface area is 300 Å². The zero-order valence-electron chi connectivity index (χ0n) is 27.0. The van der Waals surface area contributed by atoms with E-state index in [9.17, 15) is 0 Å². The molecule has 0 amide bonds. The first-order valence-corrected chi connectivity index (χ1v) is 17.5. The van der Waals surface area contributed by atoms with Crippen molar-refractivity contribution in [2.45, 2.75) is 5.41 Å². The average molecular weight is 705 g/mol. The predicted octanol–water partition coefficient (Wildman–Crippen LogP) is 11.7. The van der Waals surface area contributed by atoms with Gasteiger partial charge >= 0.3 is 0 Å². The third-order valence-corrected chi connectivity index (χ3v) is 10.4. The first-order chi connectivity index (χ1) is 24.7. The quantitative estimate of drug-likeness (QED) is 0.173. The van der Waals surface area contributed by atoms with Crippen molar-refractivity contribution in [3.63, 3.8) is 0 Å². The monoisotopic (exact) mass is 703 g/mol. The minimum Gasteiger partial charge on any atom is -0.208 e. The molecule has 8 aromatic rings. The normalized spacial score (nSPS) is 12.7. The number of nitrogens with zero attached hydrogens (tertiary/aromatic N) is 3. The van der Waals surface area contributed by atoms with Crippen LogP contribution in [0.1, 0.15) is 22.3 Å². The van der Waals surface area contributed by atoms with E-state index in [1.807, 2.05) is 60.7 Å². The van der Waals surface area contributed by atoms with Crippen molar-refractivity contribution >= 4 is 15.9 Å². The summed E-state index contributed by atoms with van der Waals surface area (Å²) in [6.45, 7) is 0. The first kappa shape index (κ1) is 30.1. The van der Waals surface area contributed by atoms with E-state index in [-0.39, 0.29) is 0 Å². The highest BCUT2D eigenvalue weighted by molar-refractivity contribution is 9.10. The zero-order valence-corrected chi connectivity index (χ0v) is 28.6. The fourth-order valence-electron chi connectivity index (χ4n) is 7.42. The molecule has 0 N–H and O–H groups in total. The molecule has 3 nitrogen and oxygen atoms in total. The number of halogens is 1. The van der Waals surface area contributed by atoms with E-state index < -0.39 is 5.41 Å². The van der Waals surface area contributed by atoms with Gasteiger partial charge in [0.2, 0.25) is 0 Å². The van der Waals surface area contributed by atoms with Gasteiger partial charge in [-0.15, -0.1) is 0 Å². The van der Waals surface area contributed by atoms with Crippen LogP contribution in [-0.4, -0.2) is 15.0 Å². The van der Waals surface area contributed by atoms with Gasteiger partial charge in [0.15, 0.2) is 17.5 Å². The summed E-state index contributed by atoms with van der Waals surface area (Å²) in [4.78, 5) is 14.7. The number of fused-ring (bicyclic) bond motifs is 3. The lowest BCUT2D eigenvalue weighted by molar-refractivity contribution is 0.768. The lowest BCUT2D eigenvalue weighted by Gasteiger charge is -2.34. The summed E-state index contributed by atoms with van der Waals surface area (Å²) in [5.74, 6) is 1.94. The molecule has 9 rings (SSSR count). The average Bonchev–Trinajstić information content (AvgIpc) is 3.48. The summed E-state index contributed by atoms with van der Waals surface area (Å²) in [5, 5.41) is 0. The van der Waals surface area contributed by atoms with Crippen LogP contribution in [0.4, 0.5) is 0 Å². The Morgan fingerprint density at radius 3 is 1.28 bits per heavy atom. The molecule has 1 aliphatic rings. The molecule has 0 radical (unpaired) electrons.